The third-order valence-electron chi connectivity index (χ3n) is 9.68. The Hall–Kier alpha value is -3.23. The van der Waals surface area contributed by atoms with Crippen LogP contribution in [0, 0.1) is 11.3 Å². The van der Waals surface area contributed by atoms with Gasteiger partial charge < -0.3 is 9.42 Å². The zero-order chi connectivity index (χ0) is 28.1. The summed E-state index contributed by atoms with van der Waals surface area (Å²) in [5.41, 5.74) is 2.13. The highest BCUT2D eigenvalue weighted by atomic mass is 19.3. The average Bonchev–Trinajstić information content (AvgIpc) is 3.69. The number of nitrogens with zero attached hydrogens (tertiary/aromatic N) is 5. The van der Waals surface area contributed by atoms with Gasteiger partial charge >= 0.3 is 0 Å². The van der Waals surface area contributed by atoms with Gasteiger partial charge in [-0.2, -0.15) is 4.98 Å². The number of anilines is 1. The maximum Gasteiger partial charge on any atom is 0.249 e. The lowest BCUT2D eigenvalue weighted by Crippen LogP contribution is -2.53. The van der Waals surface area contributed by atoms with Crippen molar-refractivity contribution in [3.8, 4) is 0 Å². The molecule has 5 aliphatic carbocycles. The maximum absolute atomic E-state index is 13.8. The summed E-state index contributed by atoms with van der Waals surface area (Å²) in [6.07, 6.45) is 9.03. The van der Waals surface area contributed by atoms with Crippen molar-refractivity contribution in [2.24, 2.45) is 21.3 Å². The van der Waals surface area contributed by atoms with E-state index in [9.17, 15) is 13.6 Å². The van der Waals surface area contributed by atoms with E-state index in [2.05, 4.69) is 21.9 Å². The largest absolute Gasteiger partial charge is 0.339 e. The first-order valence-corrected chi connectivity index (χ1v) is 14.5. The number of aromatic nitrogens is 2. The van der Waals surface area contributed by atoms with Crippen LogP contribution in [0.25, 0.3) is 5.70 Å². The van der Waals surface area contributed by atoms with Crippen molar-refractivity contribution in [3.63, 3.8) is 0 Å². The molecule has 0 unspecified atom stereocenters. The molecular weight excluding hydrogens is 512 g/mol. The van der Waals surface area contributed by atoms with E-state index in [1.54, 1.807) is 11.8 Å². The van der Waals surface area contributed by atoms with Crippen molar-refractivity contribution < 1.29 is 18.1 Å². The highest BCUT2D eigenvalue weighted by Gasteiger charge is 2.55. The van der Waals surface area contributed by atoms with E-state index in [-0.39, 0.29) is 29.6 Å². The topological polar surface area (TPSA) is 83.9 Å². The van der Waals surface area contributed by atoms with Gasteiger partial charge in [0.15, 0.2) is 5.82 Å². The number of amides is 1. The molecule has 7 rings (SSSR count). The van der Waals surface area contributed by atoms with Crippen LogP contribution in [0.2, 0.25) is 0 Å². The van der Waals surface area contributed by atoms with Crippen molar-refractivity contribution in [2.45, 2.75) is 95.3 Å². The van der Waals surface area contributed by atoms with Crippen LogP contribution < -0.4 is 4.90 Å². The Morgan fingerprint density at radius 2 is 1.88 bits per heavy atom. The molecule has 1 aromatic heterocycles. The van der Waals surface area contributed by atoms with Crippen LogP contribution in [0.5, 0.6) is 0 Å². The molecule has 1 amide bonds. The number of fused-ring (bicyclic) bond motifs is 3. The first kappa shape index (κ1) is 27.0. The second-order valence-corrected chi connectivity index (χ2v) is 12.4. The Balaban J connectivity index is 1.25. The molecule has 1 heterocycles. The van der Waals surface area contributed by atoms with Crippen LogP contribution in [0.15, 0.2) is 44.8 Å². The van der Waals surface area contributed by atoms with Crippen molar-refractivity contribution in [2.75, 3.05) is 11.4 Å². The molecule has 0 radical (unpaired) electrons. The van der Waals surface area contributed by atoms with Crippen molar-refractivity contribution >= 4 is 29.8 Å². The average molecular weight is 550 g/mol. The number of hydrogen-bond donors (Lipinski definition) is 0. The molecule has 5 saturated carbocycles. The lowest BCUT2D eigenvalue weighted by Gasteiger charge is -2.53. The predicted octanol–water partition coefficient (Wildman–Crippen LogP) is 7.10. The number of carbonyl (C=O) groups is 1. The number of rotatable bonds is 8. The molecule has 0 aliphatic heterocycles. The monoisotopic (exact) mass is 549 g/mol. The standard InChI is InChI=1S/C31H37F2N5O2/c1-4-25(35-20(2)34-3)22-6-5-7-24(16-22)38(27(39)23-17-31(32,33)18-23)19-29-10-13-30(14-11-29,15-12-29)28-36-26(37-40-28)21-8-9-21/h4-7,16,21,23H,3,8-15,17-19H2,1-2H3/b25-4-,35-20?. The van der Waals surface area contributed by atoms with Crippen molar-refractivity contribution in [1.29, 1.82) is 0 Å². The number of hydrogen-bond acceptors (Lipinski definition) is 5. The summed E-state index contributed by atoms with van der Waals surface area (Å²) in [5.74, 6) is -0.992. The highest BCUT2D eigenvalue weighted by molar-refractivity contribution is 5.96. The molecule has 2 bridgehead atoms. The van der Waals surface area contributed by atoms with Gasteiger partial charge in [-0.1, -0.05) is 23.4 Å². The SMILES string of the molecule is C=NC(C)=N/C(=C\C)c1cccc(N(CC23CCC(c4nc(C5CC5)no4)(CC2)CC3)C(=O)C2CC(F)(F)C2)c1. The van der Waals surface area contributed by atoms with Gasteiger partial charge in [0.2, 0.25) is 17.7 Å². The number of alkyl halides is 2. The number of halogens is 2. The van der Waals surface area contributed by atoms with Gasteiger partial charge in [-0.15, -0.1) is 0 Å². The Bertz CT molecular complexity index is 1340. The van der Waals surface area contributed by atoms with Gasteiger partial charge in [-0.25, -0.2) is 18.8 Å². The van der Waals surface area contributed by atoms with Crippen LogP contribution in [0.3, 0.4) is 0 Å². The van der Waals surface area contributed by atoms with Crippen LogP contribution >= 0.6 is 0 Å². The molecule has 0 atom stereocenters. The normalized spacial score (nSPS) is 28.3. The maximum atomic E-state index is 13.8. The van der Waals surface area contributed by atoms with Gasteiger partial charge in [-0.3, -0.25) is 4.79 Å². The molecule has 5 fully saturated rings. The van der Waals surface area contributed by atoms with E-state index < -0.39 is 11.8 Å². The van der Waals surface area contributed by atoms with Crippen LogP contribution in [0.1, 0.15) is 101 Å². The van der Waals surface area contributed by atoms with Crippen LogP contribution in [-0.2, 0) is 10.2 Å². The predicted molar refractivity (Wildman–Crippen MR) is 151 cm³/mol. The molecule has 9 heteroatoms. The summed E-state index contributed by atoms with van der Waals surface area (Å²) in [4.78, 5) is 28.8. The number of aliphatic imine (C=N–C) groups is 2. The minimum Gasteiger partial charge on any atom is -0.339 e. The minimum atomic E-state index is -2.76. The first-order valence-electron chi connectivity index (χ1n) is 14.5. The molecule has 1 aromatic carbocycles. The van der Waals surface area contributed by atoms with Crippen molar-refractivity contribution in [3.05, 3.63) is 47.6 Å². The Kier molecular flexibility index (Phi) is 6.74. The fourth-order valence-corrected chi connectivity index (χ4v) is 6.81. The van der Waals surface area contributed by atoms with Crippen LogP contribution in [-0.4, -0.2) is 41.1 Å². The summed E-state index contributed by atoms with van der Waals surface area (Å²) in [6, 6.07) is 7.67. The quantitative estimate of drug-likeness (QED) is 0.260. The molecule has 2 aromatic rings. The fraction of sp³-hybridized carbons (Fsp3) is 0.581. The van der Waals surface area contributed by atoms with Gasteiger partial charge in [0, 0.05) is 47.9 Å². The number of benzene rings is 1. The summed E-state index contributed by atoms with van der Waals surface area (Å²) in [5, 5.41) is 4.27. The molecule has 212 valence electrons. The fourth-order valence-electron chi connectivity index (χ4n) is 6.81. The summed E-state index contributed by atoms with van der Waals surface area (Å²) in [6.45, 7) is 7.74. The van der Waals surface area contributed by atoms with E-state index in [4.69, 9.17) is 9.51 Å². The number of carbonyl (C=O) groups excluding carboxylic acids is 1. The van der Waals surface area contributed by atoms with E-state index in [0.717, 1.165) is 80.0 Å². The molecule has 40 heavy (non-hydrogen) atoms. The Morgan fingerprint density at radius 3 is 2.48 bits per heavy atom. The van der Waals surface area contributed by atoms with E-state index >= 15 is 0 Å². The lowest BCUT2D eigenvalue weighted by molar-refractivity contribution is -0.148. The Morgan fingerprint density at radius 1 is 1.18 bits per heavy atom. The minimum absolute atomic E-state index is 0.0655. The smallest absolute Gasteiger partial charge is 0.249 e. The van der Waals surface area contributed by atoms with E-state index in [1.807, 2.05) is 37.3 Å². The zero-order valence-electron chi connectivity index (χ0n) is 23.3. The third kappa shape index (κ3) is 5.03. The molecule has 7 nitrogen and oxygen atoms in total. The second-order valence-electron chi connectivity index (χ2n) is 12.4. The zero-order valence-corrected chi connectivity index (χ0v) is 23.3. The second kappa shape index (κ2) is 10.00. The summed E-state index contributed by atoms with van der Waals surface area (Å²) >= 11 is 0. The van der Waals surface area contributed by atoms with Gasteiger partial charge in [-0.05, 0) is 89.5 Å². The van der Waals surface area contributed by atoms with E-state index in [1.165, 1.54) is 0 Å². The Labute approximate surface area is 233 Å². The van der Waals surface area contributed by atoms with Gasteiger partial charge in [0.25, 0.3) is 0 Å². The molecular formula is C31H37F2N5O2. The molecule has 0 spiro atoms. The first-order chi connectivity index (χ1) is 19.1. The molecule has 5 aliphatic rings. The van der Waals surface area contributed by atoms with Gasteiger partial charge in [0.1, 0.15) is 5.84 Å². The van der Waals surface area contributed by atoms with Crippen LogP contribution in [0.4, 0.5) is 14.5 Å². The van der Waals surface area contributed by atoms with Gasteiger partial charge in [0.05, 0.1) is 5.70 Å². The molecule has 0 N–H and O–H groups in total. The lowest BCUT2D eigenvalue weighted by atomic mass is 9.53. The summed E-state index contributed by atoms with van der Waals surface area (Å²) in [7, 11) is 0. The highest BCUT2D eigenvalue weighted by Crippen LogP contribution is 2.58. The third-order valence-corrected chi connectivity index (χ3v) is 9.68. The number of amidine groups is 1. The van der Waals surface area contributed by atoms with Crippen molar-refractivity contribution in [1.82, 2.24) is 10.1 Å². The number of allylic oxidation sites excluding steroid dienone is 1. The molecule has 0 saturated heterocycles. The van der Waals surface area contributed by atoms with E-state index in [0.29, 0.717) is 18.3 Å². The summed E-state index contributed by atoms with van der Waals surface area (Å²) < 4.78 is 33.4.